The second-order valence-electron chi connectivity index (χ2n) is 1.86. The lowest BCUT2D eigenvalue weighted by Crippen LogP contribution is -2.16. The molecule has 0 aromatic heterocycles. The first-order chi connectivity index (χ1) is 3.77. The molecule has 0 rings (SSSR count). The molecular formula is C5H14NOP. The van der Waals surface area contributed by atoms with Crippen molar-refractivity contribution in [2.75, 3.05) is 33.9 Å². The lowest BCUT2D eigenvalue weighted by molar-refractivity contribution is 0.288. The van der Waals surface area contributed by atoms with E-state index in [2.05, 4.69) is 4.90 Å². The van der Waals surface area contributed by atoms with Gasteiger partial charge in [0.1, 0.15) is 0 Å². The summed E-state index contributed by atoms with van der Waals surface area (Å²) in [7, 11) is 4.72. The molecule has 1 unspecified atom stereocenters. The molecule has 0 aliphatic rings. The second-order valence-corrected chi connectivity index (χ2v) is 2.55. The summed E-state index contributed by atoms with van der Waals surface area (Å²) in [6.45, 7) is 3.93. The Balaban J connectivity index is 2.72. The maximum absolute atomic E-state index is 5.13. The Bertz CT molecular complexity index is 49.7. The molecule has 0 amide bonds. The largest absolute Gasteiger partial charge is 0.361 e. The molecule has 1 atom stereocenters. The van der Waals surface area contributed by atoms with E-state index < -0.39 is 0 Å². The van der Waals surface area contributed by atoms with Gasteiger partial charge in [-0.3, -0.25) is 0 Å². The van der Waals surface area contributed by atoms with Gasteiger partial charge in [-0.2, -0.15) is 0 Å². The highest BCUT2D eigenvalue weighted by molar-refractivity contribution is 7.31. The highest BCUT2D eigenvalue weighted by Crippen LogP contribution is 2.01. The topological polar surface area (TPSA) is 12.5 Å². The lowest BCUT2D eigenvalue weighted by Gasteiger charge is -2.07. The van der Waals surface area contributed by atoms with E-state index in [1.807, 2.05) is 20.8 Å². The minimum atomic E-state index is 0.631. The highest BCUT2D eigenvalue weighted by Gasteiger charge is 1.86. The van der Waals surface area contributed by atoms with Crippen molar-refractivity contribution >= 4 is 8.81 Å². The summed E-state index contributed by atoms with van der Waals surface area (Å²) in [4.78, 5) is 2.11. The smallest absolute Gasteiger partial charge is 0.0632 e. The van der Waals surface area contributed by atoms with Crippen molar-refractivity contribution in [3.8, 4) is 0 Å². The quantitative estimate of drug-likeness (QED) is 0.417. The van der Waals surface area contributed by atoms with Crippen LogP contribution in [0.2, 0.25) is 0 Å². The van der Waals surface area contributed by atoms with Crippen molar-refractivity contribution < 1.29 is 4.52 Å². The predicted molar refractivity (Wildman–Crippen MR) is 38.7 cm³/mol. The van der Waals surface area contributed by atoms with Gasteiger partial charge in [0.2, 0.25) is 0 Å². The van der Waals surface area contributed by atoms with Gasteiger partial charge < -0.3 is 9.42 Å². The third-order valence-electron chi connectivity index (χ3n) is 0.785. The van der Waals surface area contributed by atoms with Crippen LogP contribution >= 0.6 is 8.81 Å². The third-order valence-corrected chi connectivity index (χ3v) is 1.28. The first kappa shape index (κ1) is 8.35. The van der Waals surface area contributed by atoms with Crippen LogP contribution in [-0.4, -0.2) is 38.8 Å². The molecule has 0 heterocycles. The molecule has 0 N–H and O–H groups in total. The molecule has 0 saturated carbocycles. The highest BCUT2D eigenvalue weighted by atomic mass is 31.1. The molecule has 0 aromatic carbocycles. The van der Waals surface area contributed by atoms with Crippen LogP contribution in [0.1, 0.15) is 0 Å². The molecule has 8 heavy (non-hydrogen) atoms. The van der Waals surface area contributed by atoms with Crippen molar-refractivity contribution in [3.63, 3.8) is 0 Å². The molecule has 0 spiro atoms. The summed E-state index contributed by atoms with van der Waals surface area (Å²) >= 11 is 0. The Labute approximate surface area is 53.1 Å². The SMILES string of the molecule is CPOCCN(C)C. The Kier molecular flexibility index (Phi) is 5.73. The number of likely N-dealkylation sites (N-methyl/N-ethyl adjacent to an activating group) is 1. The van der Waals surface area contributed by atoms with Gasteiger partial charge in [0.25, 0.3) is 0 Å². The van der Waals surface area contributed by atoms with E-state index in [1.54, 1.807) is 0 Å². The van der Waals surface area contributed by atoms with Gasteiger partial charge >= 0.3 is 0 Å². The maximum atomic E-state index is 5.13. The zero-order chi connectivity index (χ0) is 6.41. The van der Waals surface area contributed by atoms with Gasteiger partial charge in [0.05, 0.1) is 6.61 Å². The monoisotopic (exact) mass is 135 g/mol. The Morgan fingerprint density at radius 1 is 1.50 bits per heavy atom. The molecule has 0 saturated heterocycles. The van der Waals surface area contributed by atoms with Crippen molar-refractivity contribution in [3.05, 3.63) is 0 Å². The fraction of sp³-hybridized carbons (Fsp3) is 1.00. The van der Waals surface area contributed by atoms with Crippen molar-refractivity contribution in [2.45, 2.75) is 0 Å². The number of hydrogen-bond donors (Lipinski definition) is 0. The first-order valence-electron chi connectivity index (χ1n) is 2.70. The van der Waals surface area contributed by atoms with Gasteiger partial charge in [0.15, 0.2) is 0 Å². The average molecular weight is 135 g/mol. The van der Waals surface area contributed by atoms with Crippen molar-refractivity contribution in [1.29, 1.82) is 0 Å². The van der Waals surface area contributed by atoms with Gasteiger partial charge in [-0.15, -0.1) is 0 Å². The molecular weight excluding hydrogens is 121 g/mol. The van der Waals surface area contributed by atoms with Gasteiger partial charge in [-0.1, -0.05) is 0 Å². The normalized spacial score (nSPS) is 12.0. The second kappa shape index (κ2) is 5.49. The molecule has 0 radical (unpaired) electrons. The average Bonchev–Trinajstić information content (AvgIpc) is 1.66. The fourth-order valence-corrected chi connectivity index (χ4v) is 0.626. The standard InChI is InChI=1S/C5H14NOP/c1-6(2)4-5-7-8-3/h8H,4-5H2,1-3H3. The first-order valence-corrected chi connectivity index (χ1v) is 4.11. The lowest BCUT2D eigenvalue weighted by atomic mass is 10.6. The number of rotatable bonds is 4. The zero-order valence-electron chi connectivity index (χ0n) is 5.77. The summed E-state index contributed by atoms with van der Waals surface area (Å²) in [6, 6.07) is 0. The van der Waals surface area contributed by atoms with Crippen LogP contribution in [0.4, 0.5) is 0 Å². The van der Waals surface area contributed by atoms with E-state index in [4.69, 9.17) is 4.52 Å². The van der Waals surface area contributed by atoms with Crippen LogP contribution in [0.3, 0.4) is 0 Å². The number of nitrogens with zero attached hydrogens (tertiary/aromatic N) is 1. The van der Waals surface area contributed by atoms with Crippen LogP contribution < -0.4 is 0 Å². The summed E-state index contributed by atoms with van der Waals surface area (Å²) in [5.41, 5.74) is 0. The van der Waals surface area contributed by atoms with E-state index in [9.17, 15) is 0 Å². The minimum Gasteiger partial charge on any atom is -0.361 e. The molecule has 0 aliphatic carbocycles. The van der Waals surface area contributed by atoms with E-state index in [1.165, 1.54) is 0 Å². The third kappa shape index (κ3) is 6.35. The Morgan fingerprint density at radius 2 is 2.12 bits per heavy atom. The molecule has 0 aliphatic heterocycles. The van der Waals surface area contributed by atoms with Crippen LogP contribution in [0, 0.1) is 0 Å². The Hall–Kier alpha value is 0.350. The molecule has 3 heteroatoms. The molecule has 0 bridgehead atoms. The number of hydrogen-bond acceptors (Lipinski definition) is 2. The van der Waals surface area contributed by atoms with Crippen LogP contribution in [0.15, 0.2) is 0 Å². The summed E-state index contributed by atoms with van der Waals surface area (Å²) in [5.74, 6) is 0. The van der Waals surface area contributed by atoms with Crippen LogP contribution in [0.5, 0.6) is 0 Å². The van der Waals surface area contributed by atoms with Gasteiger partial charge in [0, 0.05) is 15.4 Å². The minimum absolute atomic E-state index is 0.631. The van der Waals surface area contributed by atoms with Crippen molar-refractivity contribution in [2.24, 2.45) is 0 Å². The van der Waals surface area contributed by atoms with Gasteiger partial charge in [-0.25, -0.2) is 0 Å². The van der Waals surface area contributed by atoms with Crippen molar-refractivity contribution in [1.82, 2.24) is 4.90 Å². The van der Waals surface area contributed by atoms with Gasteiger partial charge in [-0.05, 0) is 20.8 Å². The van der Waals surface area contributed by atoms with E-state index in [0.29, 0.717) is 8.81 Å². The fourth-order valence-electron chi connectivity index (χ4n) is 0.330. The molecule has 0 aromatic rings. The zero-order valence-corrected chi connectivity index (χ0v) is 6.77. The van der Waals surface area contributed by atoms with E-state index in [0.717, 1.165) is 13.2 Å². The molecule has 2 nitrogen and oxygen atoms in total. The van der Waals surface area contributed by atoms with Crippen LogP contribution in [-0.2, 0) is 4.52 Å². The molecule has 0 fully saturated rings. The predicted octanol–water partition coefficient (Wildman–Crippen LogP) is 0.788. The Morgan fingerprint density at radius 3 is 2.50 bits per heavy atom. The van der Waals surface area contributed by atoms with Crippen LogP contribution in [0.25, 0.3) is 0 Å². The molecule has 50 valence electrons. The summed E-state index contributed by atoms with van der Waals surface area (Å²) < 4.78 is 5.13. The summed E-state index contributed by atoms with van der Waals surface area (Å²) in [5, 5.41) is 0. The summed E-state index contributed by atoms with van der Waals surface area (Å²) in [6.07, 6.45) is 0. The van der Waals surface area contributed by atoms with E-state index in [-0.39, 0.29) is 0 Å². The maximum Gasteiger partial charge on any atom is 0.0632 e. The van der Waals surface area contributed by atoms with E-state index >= 15 is 0 Å².